The number of piperidine rings is 1. The molecule has 1 rings (SSSR count). The molecule has 0 aromatic heterocycles. The summed E-state index contributed by atoms with van der Waals surface area (Å²) in [5, 5.41) is 23.1. The van der Waals surface area contributed by atoms with Crippen LogP contribution in [0.15, 0.2) is 0 Å². The molecule has 0 aliphatic carbocycles. The largest absolute Gasteiger partial charge is 0.481 e. The molecule has 0 unspecified atom stereocenters. The maximum absolute atomic E-state index is 12.3. The Hall–Kier alpha value is -2.16. The van der Waals surface area contributed by atoms with E-state index in [0.717, 1.165) is 38.8 Å². The number of carboxylic acids is 2. The summed E-state index contributed by atoms with van der Waals surface area (Å²) in [6.45, 7) is 3.83. The second-order valence-corrected chi connectivity index (χ2v) is 6.55. The van der Waals surface area contributed by atoms with E-state index in [2.05, 4.69) is 10.6 Å². The monoisotopic (exact) mass is 371 g/mol. The van der Waals surface area contributed by atoms with Crippen LogP contribution in [0.5, 0.6) is 0 Å². The Labute approximate surface area is 153 Å². The Morgan fingerprint density at radius 2 is 1.85 bits per heavy atom. The van der Waals surface area contributed by atoms with Crippen molar-refractivity contribution in [3.05, 3.63) is 0 Å². The third kappa shape index (κ3) is 8.28. The minimum Gasteiger partial charge on any atom is -0.481 e. The number of amides is 2. The number of hydrogen-bond donors (Lipinski definition) is 4. The lowest BCUT2D eigenvalue weighted by Gasteiger charge is -2.24. The number of nitrogens with one attached hydrogen (secondary N) is 2. The van der Waals surface area contributed by atoms with Crippen molar-refractivity contribution in [1.29, 1.82) is 0 Å². The number of carbonyl (C=O) groups excluding carboxylic acids is 2. The van der Waals surface area contributed by atoms with Gasteiger partial charge in [0, 0.05) is 13.0 Å². The maximum atomic E-state index is 12.3. The molecule has 0 aromatic rings. The minimum atomic E-state index is -1.51. The van der Waals surface area contributed by atoms with Crippen LogP contribution >= 0.6 is 0 Å². The maximum Gasteiger partial charge on any atom is 0.326 e. The molecule has 4 N–H and O–H groups in total. The van der Waals surface area contributed by atoms with Gasteiger partial charge in [0.2, 0.25) is 11.8 Å². The molecule has 1 aliphatic heterocycles. The van der Waals surface area contributed by atoms with Gasteiger partial charge in [-0.15, -0.1) is 0 Å². The van der Waals surface area contributed by atoms with Crippen LogP contribution in [0.1, 0.15) is 45.4 Å². The van der Waals surface area contributed by atoms with Gasteiger partial charge in [0.25, 0.3) is 0 Å². The van der Waals surface area contributed by atoms with Crippen molar-refractivity contribution in [1.82, 2.24) is 15.5 Å². The summed E-state index contributed by atoms with van der Waals surface area (Å²) in [6.07, 6.45) is 3.62. The molecule has 9 nitrogen and oxygen atoms in total. The number of hydrogen-bond acceptors (Lipinski definition) is 5. The second kappa shape index (κ2) is 11.5. The fourth-order valence-electron chi connectivity index (χ4n) is 3.03. The molecule has 1 heterocycles. The first kappa shape index (κ1) is 21.9. The lowest BCUT2D eigenvalue weighted by molar-refractivity contribution is -0.147. The van der Waals surface area contributed by atoms with Crippen LogP contribution in [-0.2, 0) is 19.2 Å². The quantitative estimate of drug-likeness (QED) is 0.403. The Morgan fingerprint density at radius 1 is 1.19 bits per heavy atom. The van der Waals surface area contributed by atoms with Gasteiger partial charge in [-0.3, -0.25) is 14.4 Å². The Bertz CT molecular complexity index is 505. The molecule has 148 valence electrons. The molecule has 0 bridgehead atoms. The highest BCUT2D eigenvalue weighted by Crippen LogP contribution is 2.19. The van der Waals surface area contributed by atoms with E-state index in [-0.39, 0.29) is 12.5 Å². The van der Waals surface area contributed by atoms with E-state index in [1.165, 1.54) is 4.90 Å². The van der Waals surface area contributed by atoms with Gasteiger partial charge in [-0.1, -0.05) is 0 Å². The highest BCUT2D eigenvalue weighted by Gasteiger charge is 2.24. The van der Waals surface area contributed by atoms with Crippen LogP contribution in [-0.4, -0.2) is 71.1 Å². The SMILES string of the molecule is CCN(CC(=O)N[C@@H](CC(=O)O)C(=O)O)C(=O)CCCC1CCNCC1. The van der Waals surface area contributed by atoms with Gasteiger partial charge in [-0.25, -0.2) is 4.79 Å². The average molecular weight is 371 g/mol. The van der Waals surface area contributed by atoms with Gasteiger partial charge in [0.05, 0.1) is 13.0 Å². The molecule has 0 spiro atoms. The molecule has 1 atom stereocenters. The van der Waals surface area contributed by atoms with Gasteiger partial charge in [-0.05, 0) is 51.6 Å². The molecule has 1 saturated heterocycles. The first-order chi connectivity index (χ1) is 12.3. The normalized spacial score (nSPS) is 15.9. The highest BCUT2D eigenvalue weighted by molar-refractivity contribution is 5.89. The lowest BCUT2D eigenvalue weighted by atomic mass is 9.92. The van der Waals surface area contributed by atoms with Crippen molar-refractivity contribution in [2.45, 2.75) is 51.5 Å². The Morgan fingerprint density at radius 3 is 2.38 bits per heavy atom. The standard InChI is InChI=1S/C17H29N3O6/c1-2-20(11-14(21)19-13(17(25)26)10-16(23)24)15(22)5-3-4-12-6-8-18-9-7-12/h12-13,18H,2-11H2,1H3,(H,19,21)(H,23,24)(H,25,26)/t13-/m0/s1. The van der Waals surface area contributed by atoms with Gasteiger partial charge in [0.1, 0.15) is 6.04 Å². The minimum absolute atomic E-state index is 0.151. The summed E-state index contributed by atoms with van der Waals surface area (Å²) in [6, 6.07) is -1.51. The molecule has 0 aromatic carbocycles. The molecule has 1 aliphatic rings. The molecule has 1 fully saturated rings. The van der Waals surface area contributed by atoms with Crippen LogP contribution in [0.2, 0.25) is 0 Å². The molecule has 0 saturated carbocycles. The topological polar surface area (TPSA) is 136 Å². The van der Waals surface area contributed by atoms with Crippen molar-refractivity contribution in [3.8, 4) is 0 Å². The molecular weight excluding hydrogens is 342 g/mol. The number of likely N-dealkylation sites (N-methyl/N-ethyl adjacent to an activating group) is 1. The molecule has 26 heavy (non-hydrogen) atoms. The van der Waals surface area contributed by atoms with E-state index in [0.29, 0.717) is 18.9 Å². The van der Waals surface area contributed by atoms with E-state index in [1.54, 1.807) is 6.92 Å². The van der Waals surface area contributed by atoms with Crippen molar-refractivity contribution in [3.63, 3.8) is 0 Å². The van der Waals surface area contributed by atoms with Gasteiger partial charge < -0.3 is 25.7 Å². The zero-order valence-electron chi connectivity index (χ0n) is 15.2. The summed E-state index contributed by atoms with van der Waals surface area (Å²) in [7, 11) is 0. The highest BCUT2D eigenvalue weighted by atomic mass is 16.4. The van der Waals surface area contributed by atoms with Crippen LogP contribution in [0.25, 0.3) is 0 Å². The van der Waals surface area contributed by atoms with Crippen LogP contribution in [0.4, 0.5) is 0 Å². The summed E-state index contributed by atoms with van der Waals surface area (Å²) in [5.41, 5.74) is 0. The predicted molar refractivity (Wildman–Crippen MR) is 93.5 cm³/mol. The van der Waals surface area contributed by atoms with Crippen LogP contribution in [0.3, 0.4) is 0 Å². The smallest absolute Gasteiger partial charge is 0.326 e. The van der Waals surface area contributed by atoms with E-state index in [9.17, 15) is 19.2 Å². The van der Waals surface area contributed by atoms with Gasteiger partial charge in [0.15, 0.2) is 0 Å². The zero-order chi connectivity index (χ0) is 19.5. The van der Waals surface area contributed by atoms with E-state index >= 15 is 0 Å². The van der Waals surface area contributed by atoms with E-state index < -0.39 is 30.3 Å². The van der Waals surface area contributed by atoms with Gasteiger partial charge >= 0.3 is 11.9 Å². The summed E-state index contributed by atoms with van der Waals surface area (Å²) in [4.78, 5) is 47.2. The molecular formula is C17H29N3O6. The van der Waals surface area contributed by atoms with E-state index in [1.807, 2.05) is 0 Å². The molecule has 2 amide bonds. The first-order valence-corrected chi connectivity index (χ1v) is 9.05. The number of aliphatic carboxylic acids is 2. The number of nitrogens with zero attached hydrogens (tertiary/aromatic N) is 1. The second-order valence-electron chi connectivity index (χ2n) is 6.55. The fourth-order valence-corrected chi connectivity index (χ4v) is 3.03. The summed E-state index contributed by atoms with van der Waals surface area (Å²) in [5.74, 6) is -2.93. The van der Waals surface area contributed by atoms with Crippen LogP contribution < -0.4 is 10.6 Å². The van der Waals surface area contributed by atoms with Crippen molar-refractivity contribution < 1.29 is 29.4 Å². The number of carboxylic acid groups (broad SMARTS) is 2. The Balaban J connectivity index is 2.40. The van der Waals surface area contributed by atoms with Crippen molar-refractivity contribution in [2.24, 2.45) is 5.92 Å². The molecule has 9 heteroatoms. The van der Waals surface area contributed by atoms with E-state index in [4.69, 9.17) is 10.2 Å². The van der Waals surface area contributed by atoms with Crippen molar-refractivity contribution in [2.75, 3.05) is 26.2 Å². The van der Waals surface area contributed by atoms with Crippen molar-refractivity contribution >= 4 is 23.8 Å². The zero-order valence-corrected chi connectivity index (χ0v) is 15.2. The number of carbonyl (C=O) groups is 4. The number of rotatable bonds is 11. The summed E-state index contributed by atoms with van der Waals surface area (Å²) < 4.78 is 0. The van der Waals surface area contributed by atoms with Crippen LogP contribution in [0, 0.1) is 5.92 Å². The third-order valence-electron chi connectivity index (χ3n) is 4.54. The lowest BCUT2D eigenvalue weighted by Crippen LogP contribution is -2.47. The fraction of sp³-hybridized carbons (Fsp3) is 0.765. The van der Waals surface area contributed by atoms with Gasteiger partial charge in [-0.2, -0.15) is 0 Å². The summed E-state index contributed by atoms with van der Waals surface area (Å²) >= 11 is 0. The molecule has 0 radical (unpaired) electrons. The predicted octanol–water partition coefficient (Wildman–Crippen LogP) is 0.0489. The Kier molecular flexibility index (Phi) is 9.64. The average Bonchev–Trinajstić information content (AvgIpc) is 2.59. The first-order valence-electron chi connectivity index (χ1n) is 9.05. The third-order valence-corrected chi connectivity index (χ3v) is 4.54.